The Labute approximate surface area is 266 Å². The monoisotopic (exact) mass is 652 g/mol. The van der Waals surface area contributed by atoms with E-state index in [9.17, 15) is 9.36 Å². The maximum absolute atomic E-state index is 13.0. The fourth-order valence-electron chi connectivity index (χ4n) is 4.57. The number of fused-ring (bicyclic) bond motifs is 1. The van der Waals surface area contributed by atoms with Crippen molar-refractivity contribution in [3.8, 4) is 5.75 Å². The number of nitrogens with one attached hydrogen (secondary N) is 1. The van der Waals surface area contributed by atoms with E-state index >= 15 is 0 Å². The molecule has 15 nitrogen and oxygen atoms in total. The minimum Gasteiger partial charge on any atom is -0.493 e. The van der Waals surface area contributed by atoms with E-state index in [1.165, 1.54) is 12.2 Å². The lowest BCUT2D eigenvalue weighted by atomic mass is 9.97. The third-order valence-electron chi connectivity index (χ3n) is 6.94. The summed E-state index contributed by atoms with van der Waals surface area (Å²) in [6.45, 7) is 12.1. The van der Waals surface area contributed by atoms with Crippen LogP contribution in [0.3, 0.4) is 0 Å². The van der Waals surface area contributed by atoms with Crippen LogP contribution in [0.4, 0.5) is 17.5 Å². The Morgan fingerprint density at radius 1 is 1.20 bits per heavy atom. The lowest BCUT2D eigenvalue weighted by Gasteiger charge is -2.37. The molecular weight excluding hydrogens is 615 g/mol. The summed E-state index contributed by atoms with van der Waals surface area (Å²) in [4.78, 5) is 27.6. The SMILES string of the molecule is C=CCOP(=O)(OCC=C)OC(C)(C)CCOc1ccc2nc(N3CC(c4cnc(Nc5cnn(C)c5)c(C(N)=O)n4)C3)oc2c1. The van der Waals surface area contributed by atoms with Crippen LogP contribution in [-0.2, 0) is 25.2 Å². The highest BCUT2D eigenvalue weighted by molar-refractivity contribution is 7.48. The van der Waals surface area contributed by atoms with Gasteiger partial charge >= 0.3 is 7.82 Å². The third-order valence-corrected chi connectivity index (χ3v) is 8.59. The molecule has 0 bridgehead atoms. The molecule has 4 heterocycles. The van der Waals surface area contributed by atoms with Gasteiger partial charge in [-0.05, 0) is 26.0 Å². The van der Waals surface area contributed by atoms with Crippen LogP contribution in [0.1, 0.15) is 42.4 Å². The molecule has 1 aliphatic rings. The molecular formula is C30H37N8O7P. The fraction of sp³-hybridized carbons (Fsp3) is 0.367. The summed E-state index contributed by atoms with van der Waals surface area (Å²) in [6.07, 6.45) is 8.32. The number of rotatable bonds is 17. The van der Waals surface area contributed by atoms with Crippen molar-refractivity contribution in [1.82, 2.24) is 24.7 Å². The summed E-state index contributed by atoms with van der Waals surface area (Å²) < 4.78 is 42.9. The number of nitrogens with zero attached hydrogens (tertiary/aromatic N) is 6. The molecule has 1 aromatic carbocycles. The fourth-order valence-corrected chi connectivity index (χ4v) is 6.02. The van der Waals surface area contributed by atoms with Crippen molar-refractivity contribution in [3.63, 3.8) is 0 Å². The highest BCUT2D eigenvalue weighted by Crippen LogP contribution is 2.53. The first-order valence-corrected chi connectivity index (χ1v) is 16.0. The van der Waals surface area contributed by atoms with Crippen LogP contribution < -0.4 is 20.7 Å². The Balaban J connectivity index is 1.17. The molecule has 16 heteroatoms. The number of phosphoric ester groups is 1. The molecule has 244 valence electrons. The standard InChI is InChI=1S/C30H37N8O7P/c1-6-11-42-46(40,43-12-7-2)45-30(3,4)10-13-41-22-8-9-23-25(14-22)44-29(36-23)38-17-20(18-38)24-16-32-28(26(35-24)27(31)39)34-21-15-33-37(5)19-21/h6-9,14-16,19-20H,1-2,10-13,17-18H2,3-5H3,(H2,31,39)(H,32,34). The zero-order valence-electron chi connectivity index (χ0n) is 25.9. The zero-order valence-corrected chi connectivity index (χ0v) is 26.8. The van der Waals surface area contributed by atoms with Crippen LogP contribution in [0.5, 0.6) is 5.75 Å². The Kier molecular flexibility index (Phi) is 9.87. The van der Waals surface area contributed by atoms with Crippen molar-refractivity contribution in [3.05, 3.63) is 73.5 Å². The number of ether oxygens (including phenoxy) is 1. The van der Waals surface area contributed by atoms with E-state index in [1.54, 1.807) is 56.3 Å². The second-order valence-corrected chi connectivity index (χ2v) is 12.8. The largest absolute Gasteiger partial charge is 0.493 e. The molecule has 0 atom stereocenters. The van der Waals surface area contributed by atoms with E-state index in [-0.39, 0.29) is 37.3 Å². The number of amides is 1. The van der Waals surface area contributed by atoms with E-state index in [0.29, 0.717) is 53.8 Å². The van der Waals surface area contributed by atoms with Gasteiger partial charge in [0.1, 0.15) is 11.3 Å². The highest BCUT2D eigenvalue weighted by atomic mass is 31.2. The number of nitrogens with two attached hydrogens (primary N) is 1. The second-order valence-electron chi connectivity index (χ2n) is 11.2. The summed E-state index contributed by atoms with van der Waals surface area (Å²) in [7, 11) is -2.04. The number of aryl methyl sites for hydroxylation is 1. The molecule has 3 aromatic heterocycles. The van der Waals surface area contributed by atoms with Gasteiger partial charge in [0.05, 0.1) is 49.2 Å². The lowest BCUT2D eigenvalue weighted by Crippen LogP contribution is -2.45. The van der Waals surface area contributed by atoms with E-state index in [2.05, 4.69) is 38.5 Å². The molecule has 1 aliphatic heterocycles. The summed E-state index contributed by atoms with van der Waals surface area (Å²) >= 11 is 0. The van der Waals surface area contributed by atoms with Crippen LogP contribution in [-0.4, -0.2) is 69.2 Å². The first-order chi connectivity index (χ1) is 22.0. The zero-order chi connectivity index (χ0) is 32.9. The van der Waals surface area contributed by atoms with E-state index in [4.69, 9.17) is 28.5 Å². The summed E-state index contributed by atoms with van der Waals surface area (Å²) in [5.41, 5.74) is 7.33. The third kappa shape index (κ3) is 7.98. The van der Waals surface area contributed by atoms with Gasteiger partial charge in [0.2, 0.25) is 0 Å². The van der Waals surface area contributed by atoms with Crippen molar-refractivity contribution in [2.75, 3.05) is 43.1 Å². The number of phosphoric acid groups is 1. The molecule has 5 rings (SSSR count). The van der Waals surface area contributed by atoms with E-state index < -0.39 is 19.3 Å². The van der Waals surface area contributed by atoms with Crippen molar-refractivity contribution in [2.24, 2.45) is 12.8 Å². The van der Waals surface area contributed by atoms with Gasteiger partial charge in [0.15, 0.2) is 17.1 Å². The number of anilines is 3. The van der Waals surface area contributed by atoms with Gasteiger partial charge in [-0.3, -0.25) is 23.0 Å². The summed E-state index contributed by atoms with van der Waals surface area (Å²) in [5, 5.41) is 7.13. The quantitative estimate of drug-likeness (QED) is 0.116. The lowest BCUT2D eigenvalue weighted by molar-refractivity contribution is 0.0254. The van der Waals surface area contributed by atoms with Crippen molar-refractivity contribution in [1.29, 1.82) is 0 Å². The van der Waals surface area contributed by atoms with Crippen LogP contribution in [0, 0.1) is 0 Å². The number of hydrogen-bond donors (Lipinski definition) is 2. The van der Waals surface area contributed by atoms with Gasteiger partial charge in [0.25, 0.3) is 11.9 Å². The van der Waals surface area contributed by atoms with Gasteiger partial charge in [-0.1, -0.05) is 12.2 Å². The molecule has 4 aromatic rings. The maximum Gasteiger partial charge on any atom is 0.475 e. The van der Waals surface area contributed by atoms with E-state index in [0.717, 1.165) is 0 Å². The number of oxazole rings is 1. The first-order valence-electron chi connectivity index (χ1n) is 14.5. The number of carbonyl (C=O) groups is 1. The van der Waals surface area contributed by atoms with Crippen molar-refractivity contribution in [2.45, 2.75) is 31.8 Å². The van der Waals surface area contributed by atoms with Gasteiger partial charge in [-0.25, -0.2) is 14.5 Å². The Bertz CT molecular complexity index is 1750. The van der Waals surface area contributed by atoms with Crippen LogP contribution in [0.25, 0.3) is 11.1 Å². The minimum absolute atomic E-state index is 0.0113. The molecule has 0 unspecified atom stereocenters. The highest BCUT2D eigenvalue weighted by Gasteiger charge is 2.35. The Hall–Kier alpha value is -4.56. The molecule has 1 saturated heterocycles. The minimum atomic E-state index is -3.83. The normalized spacial score (nSPS) is 13.8. The number of aromatic nitrogens is 5. The first kappa shape index (κ1) is 32.8. The molecule has 0 saturated carbocycles. The Morgan fingerprint density at radius 3 is 2.59 bits per heavy atom. The second kappa shape index (κ2) is 13.8. The molecule has 1 amide bonds. The maximum atomic E-state index is 13.0. The number of benzene rings is 1. The van der Waals surface area contributed by atoms with Gasteiger partial charge < -0.3 is 25.1 Å². The summed E-state index contributed by atoms with van der Waals surface area (Å²) in [6, 6.07) is 5.84. The number of primary amides is 1. The van der Waals surface area contributed by atoms with Gasteiger partial charge in [0, 0.05) is 44.7 Å². The van der Waals surface area contributed by atoms with Crippen LogP contribution >= 0.6 is 7.82 Å². The topological polar surface area (TPSA) is 182 Å². The summed E-state index contributed by atoms with van der Waals surface area (Å²) in [5.74, 6) is 0.177. The molecule has 0 aliphatic carbocycles. The average molecular weight is 653 g/mol. The number of carbonyl (C=O) groups excluding carboxylic acids is 1. The predicted octanol–water partition coefficient (Wildman–Crippen LogP) is 4.88. The molecule has 3 N–H and O–H groups in total. The Morgan fingerprint density at radius 2 is 1.93 bits per heavy atom. The van der Waals surface area contributed by atoms with Crippen LogP contribution in [0.2, 0.25) is 0 Å². The van der Waals surface area contributed by atoms with Gasteiger partial charge in [-0.2, -0.15) is 10.1 Å². The van der Waals surface area contributed by atoms with Crippen molar-refractivity contribution >= 4 is 42.3 Å². The molecule has 0 radical (unpaired) electrons. The van der Waals surface area contributed by atoms with Crippen molar-refractivity contribution < 1.29 is 32.1 Å². The molecule has 1 fully saturated rings. The van der Waals surface area contributed by atoms with Crippen LogP contribution in [0.15, 0.2) is 66.5 Å². The molecule has 0 spiro atoms. The predicted molar refractivity (Wildman–Crippen MR) is 171 cm³/mol. The average Bonchev–Trinajstić information content (AvgIpc) is 3.59. The van der Waals surface area contributed by atoms with E-state index in [1.807, 2.05) is 11.0 Å². The molecule has 46 heavy (non-hydrogen) atoms. The smallest absolute Gasteiger partial charge is 0.475 e. The number of hydrogen-bond acceptors (Lipinski definition) is 13. The van der Waals surface area contributed by atoms with Gasteiger partial charge in [-0.15, -0.1) is 13.2 Å².